The molecule has 0 heterocycles. The average molecular weight is 232 g/mol. The molecule has 0 aliphatic carbocycles. The van der Waals surface area contributed by atoms with Gasteiger partial charge < -0.3 is 15.0 Å². The number of nitrogens with zero attached hydrogens (tertiary/aromatic N) is 1. The summed E-state index contributed by atoms with van der Waals surface area (Å²) >= 11 is 0. The molecule has 0 aliphatic heterocycles. The highest BCUT2D eigenvalue weighted by Gasteiger charge is 2.09. The van der Waals surface area contributed by atoms with E-state index in [9.17, 15) is 4.79 Å². The van der Waals surface area contributed by atoms with Crippen LogP contribution in [0, 0.1) is 12.3 Å². The van der Waals surface area contributed by atoms with Crippen LogP contribution in [0.25, 0.3) is 0 Å². The Bertz CT molecular complexity index is 406. The van der Waals surface area contributed by atoms with Gasteiger partial charge in [0.25, 0.3) is 0 Å². The van der Waals surface area contributed by atoms with Gasteiger partial charge in [0.1, 0.15) is 5.75 Å². The standard InChI is InChI=1S/C13H16N2O2/c1-4-10-15(5-2)13(16)14-11-6-8-12(17-3)9-7-11/h1,6-9H,5,10H2,2-3H3,(H,14,16). The van der Waals surface area contributed by atoms with E-state index in [0.29, 0.717) is 18.8 Å². The number of terminal acetylenes is 1. The van der Waals surface area contributed by atoms with Crippen molar-refractivity contribution in [2.45, 2.75) is 6.92 Å². The van der Waals surface area contributed by atoms with Crippen LogP contribution in [0.5, 0.6) is 5.75 Å². The highest BCUT2D eigenvalue weighted by atomic mass is 16.5. The van der Waals surface area contributed by atoms with E-state index in [4.69, 9.17) is 11.2 Å². The van der Waals surface area contributed by atoms with Gasteiger partial charge in [-0.05, 0) is 31.2 Å². The number of carbonyl (C=O) groups is 1. The van der Waals surface area contributed by atoms with E-state index in [1.54, 1.807) is 36.3 Å². The minimum Gasteiger partial charge on any atom is -0.497 e. The summed E-state index contributed by atoms with van der Waals surface area (Å²) in [5, 5.41) is 2.76. The number of methoxy groups -OCH3 is 1. The van der Waals surface area contributed by atoms with Crippen LogP contribution in [-0.2, 0) is 0 Å². The van der Waals surface area contributed by atoms with E-state index in [1.807, 2.05) is 6.92 Å². The molecule has 0 bridgehead atoms. The van der Waals surface area contributed by atoms with E-state index in [-0.39, 0.29) is 6.03 Å². The number of ether oxygens (including phenoxy) is 1. The van der Waals surface area contributed by atoms with Crippen LogP contribution >= 0.6 is 0 Å². The molecule has 0 saturated heterocycles. The van der Waals surface area contributed by atoms with E-state index < -0.39 is 0 Å². The first-order valence-corrected chi connectivity index (χ1v) is 5.34. The molecule has 0 saturated carbocycles. The number of urea groups is 1. The maximum atomic E-state index is 11.8. The zero-order chi connectivity index (χ0) is 12.7. The summed E-state index contributed by atoms with van der Waals surface area (Å²) in [6.07, 6.45) is 5.19. The van der Waals surface area contributed by atoms with E-state index in [2.05, 4.69) is 11.2 Å². The molecule has 1 N–H and O–H groups in total. The predicted octanol–water partition coefficient (Wildman–Crippen LogP) is 2.18. The molecule has 4 heteroatoms. The number of carbonyl (C=O) groups excluding carboxylic acids is 1. The molecule has 2 amide bonds. The lowest BCUT2D eigenvalue weighted by Gasteiger charge is -2.18. The number of anilines is 1. The lowest BCUT2D eigenvalue weighted by atomic mass is 10.3. The molecule has 0 aliphatic rings. The molecule has 17 heavy (non-hydrogen) atoms. The number of nitrogens with one attached hydrogen (secondary N) is 1. The van der Waals surface area contributed by atoms with E-state index in [1.165, 1.54) is 0 Å². The third kappa shape index (κ3) is 3.72. The Morgan fingerprint density at radius 3 is 2.59 bits per heavy atom. The second-order valence-corrected chi connectivity index (χ2v) is 3.38. The van der Waals surface area contributed by atoms with Crippen LogP contribution < -0.4 is 10.1 Å². The van der Waals surface area contributed by atoms with Gasteiger partial charge in [-0.1, -0.05) is 5.92 Å². The maximum absolute atomic E-state index is 11.8. The molecular formula is C13H16N2O2. The van der Waals surface area contributed by atoms with E-state index in [0.717, 1.165) is 5.75 Å². The zero-order valence-corrected chi connectivity index (χ0v) is 10.1. The van der Waals surface area contributed by atoms with Crippen molar-refractivity contribution in [2.24, 2.45) is 0 Å². The molecule has 0 fully saturated rings. The van der Waals surface area contributed by atoms with E-state index >= 15 is 0 Å². The molecule has 0 atom stereocenters. The summed E-state index contributed by atoms with van der Waals surface area (Å²) in [5.41, 5.74) is 0.714. The minimum absolute atomic E-state index is 0.199. The van der Waals surface area contributed by atoms with Crippen LogP contribution in [0.3, 0.4) is 0 Å². The normalized spacial score (nSPS) is 9.24. The van der Waals surface area contributed by atoms with Crippen molar-refractivity contribution < 1.29 is 9.53 Å². The van der Waals surface area contributed by atoms with Crippen molar-refractivity contribution in [2.75, 3.05) is 25.5 Å². The fourth-order valence-corrected chi connectivity index (χ4v) is 1.31. The van der Waals surface area contributed by atoms with Crippen molar-refractivity contribution in [3.63, 3.8) is 0 Å². The lowest BCUT2D eigenvalue weighted by molar-refractivity contribution is 0.220. The summed E-state index contributed by atoms with van der Waals surface area (Å²) in [4.78, 5) is 13.3. The summed E-state index contributed by atoms with van der Waals surface area (Å²) in [6.45, 7) is 2.76. The van der Waals surface area contributed by atoms with Crippen LogP contribution in [0.4, 0.5) is 10.5 Å². The highest BCUT2D eigenvalue weighted by Crippen LogP contribution is 2.15. The predicted molar refractivity (Wildman–Crippen MR) is 68.1 cm³/mol. The zero-order valence-electron chi connectivity index (χ0n) is 10.1. The summed E-state index contributed by atoms with van der Waals surface area (Å²) in [6, 6.07) is 6.93. The van der Waals surface area contributed by atoms with Crippen molar-refractivity contribution in [3.8, 4) is 18.1 Å². The number of hydrogen-bond donors (Lipinski definition) is 1. The van der Waals surface area contributed by atoms with Gasteiger partial charge in [-0.2, -0.15) is 0 Å². The van der Waals surface area contributed by atoms with Crippen LogP contribution in [0.15, 0.2) is 24.3 Å². The van der Waals surface area contributed by atoms with Gasteiger partial charge in [0.15, 0.2) is 0 Å². The van der Waals surface area contributed by atoms with Gasteiger partial charge >= 0.3 is 6.03 Å². The number of hydrogen-bond acceptors (Lipinski definition) is 2. The van der Waals surface area contributed by atoms with Crippen molar-refractivity contribution in [1.29, 1.82) is 0 Å². The Morgan fingerprint density at radius 2 is 2.12 bits per heavy atom. The fourth-order valence-electron chi connectivity index (χ4n) is 1.31. The topological polar surface area (TPSA) is 41.6 Å². The van der Waals surface area contributed by atoms with Gasteiger partial charge in [0.05, 0.1) is 13.7 Å². The summed E-state index contributed by atoms with van der Waals surface area (Å²) in [7, 11) is 1.60. The third-order valence-corrected chi connectivity index (χ3v) is 2.29. The van der Waals surface area contributed by atoms with Crippen LogP contribution in [0.2, 0.25) is 0 Å². The smallest absolute Gasteiger partial charge is 0.322 e. The molecule has 0 unspecified atom stereocenters. The Hall–Kier alpha value is -2.15. The largest absolute Gasteiger partial charge is 0.497 e. The van der Waals surface area contributed by atoms with Crippen molar-refractivity contribution >= 4 is 11.7 Å². The quantitative estimate of drug-likeness (QED) is 0.808. The monoisotopic (exact) mass is 232 g/mol. The highest BCUT2D eigenvalue weighted by molar-refractivity contribution is 5.89. The molecule has 90 valence electrons. The van der Waals surface area contributed by atoms with Gasteiger partial charge in [-0.25, -0.2) is 4.79 Å². The first-order valence-electron chi connectivity index (χ1n) is 5.34. The minimum atomic E-state index is -0.199. The Balaban J connectivity index is 2.63. The van der Waals surface area contributed by atoms with Gasteiger partial charge in [-0.15, -0.1) is 6.42 Å². The Morgan fingerprint density at radius 1 is 1.47 bits per heavy atom. The summed E-state index contributed by atoms with van der Waals surface area (Å²) < 4.78 is 5.03. The SMILES string of the molecule is C#CCN(CC)C(=O)Nc1ccc(OC)cc1. The molecule has 0 radical (unpaired) electrons. The average Bonchev–Trinajstić information content (AvgIpc) is 2.36. The number of amides is 2. The summed E-state index contributed by atoms with van der Waals surface area (Å²) in [5.74, 6) is 3.20. The molecule has 0 spiro atoms. The van der Waals surface area contributed by atoms with Gasteiger partial charge in [-0.3, -0.25) is 0 Å². The molecule has 1 rings (SSSR count). The first kappa shape index (κ1) is 12.9. The molecule has 4 nitrogen and oxygen atoms in total. The lowest BCUT2D eigenvalue weighted by Crippen LogP contribution is -2.34. The van der Waals surface area contributed by atoms with Crippen LogP contribution in [-0.4, -0.2) is 31.1 Å². The van der Waals surface area contributed by atoms with Crippen molar-refractivity contribution in [1.82, 2.24) is 4.90 Å². The number of rotatable bonds is 4. The molecule has 1 aromatic rings. The Kier molecular flexibility index (Phi) is 4.89. The van der Waals surface area contributed by atoms with Gasteiger partial charge in [0.2, 0.25) is 0 Å². The molecule has 0 aromatic heterocycles. The number of benzene rings is 1. The second kappa shape index (κ2) is 6.44. The maximum Gasteiger partial charge on any atom is 0.322 e. The Labute approximate surface area is 102 Å². The van der Waals surface area contributed by atoms with Gasteiger partial charge in [0, 0.05) is 12.2 Å². The third-order valence-electron chi connectivity index (χ3n) is 2.29. The molecule has 1 aromatic carbocycles. The van der Waals surface area contributed by atoms with Crippen molar-refractivity contribution in [3.05, 3.63) is 24.3 Å². The molecular weight excluding hydrogens is 216 g/mol. The second-order valence-electron chi connectivity index (χ2n) is 3.38. The fraction of sp³-hybridized carbons (Fsp3) is 0.308. The van der Waals surface area contributed by atoms with Crippen LogP contribution in [0.1, 0.15) is 6.92 Å². The first-order chi connectivity index (χ1) is 8.21.